The summed E-state index contributed by atoms with van der Waals surface area (Å²) in [6.45, 7) is 4.30. The Morgan fingerprint density at radius 1 is 1.00 bits per heavy atom. The Kier molecular flexibility index (Phi) is 2.63. The van der Waals surface area contributed by atoms with Gasteiger partial charge in [0.25, 0.3) is 0 Å². The first-order chi connectivity index (χ1) is 8.81. The number of hydrogen-bond donors (Lipinski definition) is 0. The van der Waals surface area contributed by atoms with Crippen molar-refractivity contribution in [2.24, 2.45) is 0 Å². The van der Waals surface area contributed by atoms with Crippen LogP contribution in [0, 0.1) is 6.92 Å². The van der Waals surface area contributed by atoms with E-state index in [2.05, 4.69) is 44.2 Å². The Balaban J connectivity index is 2.29. The highest BCUT2D eigenvalue weighted by atomic mass is 15.3. The van der Waals surface area contributed by atoms with E-state index in [4.69, 9.17) is 5.10 Å². The van der Waals surface area contributed by atoms with Crippen LogP contribution in [0.1, 0.15) is 18.2 Å². The molecular formula is C16H16N2. The van der Waals surface area contributed by atoms with Crippen LogP contribution >= 0.6 is 0 Å². The zero-order valence-electron chi connectivity index (χ0n) is 10.7. The van der Waals surface area contributed by atoms with E-state index in [1.165, 1.54) is 16.6 Å². The number of nitrogens with zero attached hydrogens (tertiary/aromatic N) is 2. The lowest BCUT2D eigenvalue weighted by Crippen LogP contribution is -1.97. The predicted molar refractivity (Wildman–Crippen MR) is 75.2 cm³/mol. The Morgan fingerprint density at radius 2 is 1.78 bits per heavy atom. The number of benzene rings is 2. The van der Waals surface area contributed by atoms with Crippen LogP contribution in [0.5, 0.6) is 0 Å². The lowest BCUT2D eigenvalue weighted by Gasteiger charge is -2.02. The van der Waals surface area contributed by atoms with Gasteiger partial charge in [-0.2, -0.15) is 5.10 Å². The first-order valence-electron chi connectivity index (χ1n) is 6.34. The third kappa shape index (κ3) is 1.61. The van der Waals surface area contributed by atoms with Crippen LogP contribution in [0.15, 0.2) is 48.5 Å². The van der Waals surface area contributed by atoms with Gasteiger partial charge in [-0.3, -0.25) is 0 Å². The normalized spacial score (nSPS) is 11.0. The Labute approximate surface area is 107 Å². The molecule has 0 bridgehead atoms. The molecular weight excluding hydrogens is 220 g/mol. The molecule has 2 nitrogen and oxygen atoms in total. The summed E-state index contributed by atoms with van der Waals surface area (Å²) in [5.74, 6) is 0. The molecule has 0 aliphatic carbocycles. The van der Waals surface area contributed by atoms with Crippen LogP contribution in [0.2, 0.25) is 0 Å². The molecule has 1 aromatic heterocycles. The molecule has 0 unspecified atom stereocenters. The van der Waals surface area contributed by atoms with Gasteiger partial charge in [0.1, 0.15) is 0 Å². The fourth-order valence-electron chi connectivity index (χ4n) is 2.40. The summed E-state index contributed by atoms with van der Waals surface area (Å²) in [7, 11) is 0. The van der Waals surface area contributed by atoms with Crippen molar-refractivity contribution >= 4 is 10.9 Å². The van der Waals surface area contributed by atoms with Crippen LogP contribution in [0.3, 0.4) is 0 Å². The molecule has 0 atom stereocenters. The summed E-state index contributed by atoms with van der Waals surface area (Å²) in [5.41, 5.74) is 4.76. The second kappa shape index (κ2) is 4.30. The van der Waals surface area contributed by atoms with Crippen LogP contribution in [-0.4, -0.2) is 9.78 Å². The van der Waals surface area contributed by atoms with Crippen molar-refractivity contribution in [1.82, 2.24) is 9.78 Å². The minimum absolute atomic E-state index is 1.02. The minimum Gasteiger partial charge on any atom is -0.237 e. The SMILES string of the molecule is CCc1cccc2c(C)n(-c3ccccc3)nc12. The third-order valence-corrected chi connectivity index (χ3v) is 3.41. The molecule has 90 valence electrons. The molecule has 3 rings (SSSR count). The number of rotatable bonds is 2. The number of aromatic nitrogens is 2. The fraction of sp³-hybridized carbons (Fsp3) is 0.188. The van der Waals surface area contributed by atoms with Crippen molar-refractivity contribution in [3.63, 3.8) is 0 Å². The van der Waals surface area contributed by atoms with E-state index in [0.717, 1.165) is 17.6 Å². The Hall–Kier alpha value is -2.09. The van der Waals surface area contributed by atoms with Crippen LogP contribution < -0.4 is 0 Å². The maximum Gasteiger partial charge on any atom is 0.0962 e. The molecule has 1 heterocycles. The van der Waals surface area contributed by atoms with Crippen LogP contribution in [-0.2, 0) is 6.42 Å². The maximum absolute atomic E-state index is 4.77. The van der Waals surface area contributed by atoms with Gasteiger partial charge in [0.15, 0.2) is 0 Å². The second-order valence-corrected chi connectivity index (χ2v) is 4.50. The highest BCUT2D eigenvalue weighted by Crippen LogP contribution is 2.24. The van der Waals surface area contributed by atoms with E-state index >= 15 is 0 Å². The molecule has 0 amide bonds. The summed E-state index contributed by atoms with van der Waals surface area (Å²) in [6, 6.07) is 16.7. The standard InChI is InChI=1S/C16H16N2/c1-3-13-8-7-11-15-12(2)18(17-16(13)15)14-9-5-4-6-10-14/h4-11H,3H2,1-2H3. The van der Waals surface area contributed by atoms with Crippen molar-refractivity contribution in [2.75, 3.05) is 0 Å². The van der Waals surface area contributed by atoms with Gasteiger partial charge in [-0.1, -0.05) is 43.3 Å². The molecule has 0 spiro atoms. The van der Waals surface area contributed by atoms with Gasteiger partial charge in [0.2, 0.25) is 0 Å². The monoisotopic (exact) mass is 236 g/mol. The second-order valence-electron chi connectivity index (χ2n) is 4.50. The lowest BCUT2D eigenvalue weighted by molar-refractivity contribution is 0.858. The Bertz CT molecular complexity index is 681. The van der Waals surface area contributed by atoms with E-state index < -0.39 is 0 Å². The van der Waals surface area contributed by atoms with E-state index in [9.17, 15) is 0 Å². The van der Waals surface area contributed by atoms with Crippen molar-refractivity contribution in [3.8, 4) is 5.69 Å². The highest BCUT2D eigenvalue weighted by molar-refractivity contribution is 5.85. The van der Waals surface area contributed by atoms with Crippen molar-refractivity contribution in [2.45, 2.75) is 20.3 Å². The van der Waals surface area contributed by atoms with Crippen molar-refractivity contribution in [3.05, 3.63) is 59.8 Å². The minimum atomic E-state index is 1.02. The van der Waals surface area contributed by atoms with Gasteiger partial charge in [-0.05, 0) is 31.0 Å². The highest BCUT2D eigenvalue weighted by Gasteiger charge is 2.10. The van der Waals surface area contributed by atoms with Crippen molar-refractivity contribution in [1.29, 1.82) is 0 Å². The molecule has 0 radical (unpaired) electrons. The summed E-state index contributed by atoms with van der Waals surface area (Å²) in [4.78, 5) is 0. The van der Waals surface area contributed by atoms with Crippen LogP contribution in [0.25, 0.3) is 16.6 Å². The first kappa shape index (κ1) is 11.0. The molecule has 0 saturated heterocycles. The third-order valence-electron chi connectivity index (χ3n) is 3.41. The molecule has 0 N–H and O–H groups in total. The topological polar surface area (TPSA) is 17.8 Å². The maximum atomic E-state index is 4.77. The number of para-hydroxylation sites is 1. The van der Waals surface area contributed by atoms with Gasteiger partial charge in [-0.15, -0.1) is 0 Å². The van der Waals surface area contributed by atoms with Gasteiger partial charge >= 0.3 is 0 Å². The molecule has 3 aromatic rings. The number of aryl methyl sites for hydroxylation is 2. The number of fused-ring (bicyclic) bond motifs is 1. The van der Waals surface area contributed by atoms with Gasteiger partial charge in [0, 0.05) is 11.1 Å². The molecule has 0 aliphatic rings. The average molecular weight is 236 g/mol. The summed E-state index contributed by atoms with van der Waals surface area (Å²) in [6.07, 6.45) is 1.02. The average Bonchev–Trinajstić information content (AvgIpc) is 2.77. The Morgan fingerprint density at radius 3 is 2.50 bits per heavy atom. The summed E-state index contributed by atoms with van der Waals surface area (Å²) < 4.78 is 2.03. The lowest BCUT2D eigenvalue weighted by atomic mass is 10.1. The van der Waals surface area contributed by atoms with Crippen molar-refractivity contribution < 1.29 is 0 Å². The van der Waals surface area contributed by atoms with E-state index in [-0.39, 0.29) is 0 Å². The molecule has 0 saturated carbocycles. The first-order valence-corrected chi connectivity index (χ1v) is 6.34. The van der Waals surface area contributed by atoms with Gasteiger partial charge in [-0.25, -0.2) is 4.68 Å². The molecule has 0 aliphatic heterocycles. The summed E-state index contributed by atoms with van der Waals surface area (Å²) >= 11 is 0. The van der Waals surface area contributed by atoms with Crippen LogP contribution in [0.4, 0.5) is 0 Å². The molecule has 2 aromatic carbocycles. The van der Waals surface area contributed by atoms with E-state index in [1.54, 1.807) is 0 Å². The van der Waals surface area contributed by atoms with Gasteiger partial charge < -0.3 is 0 Å². The largest absolute Gasteiger partial charge is 0.237 e. The zero-order valence-corrected chi connectivity index (χ0v) is 10.7. The van der Waals surface area contributed by atoms with E-state index in [0.29, 0.717) is 0 Å². The summed E-state index contributed by atoms with van der Waals surface area (Å²) in [5, 5.41) is 6.02. The smallest absolute Gasteiger partial charge is 0.0962 e. The number of hydrogen-bond acceptors (Lipinski definition) is 1. The predicted octanol–water partition coefficient (Wildman–Crippen LogP) is 3.90. The molecule has 0 fully saturated rings. The molecule has 18 heavy (non-hydrogen) atoms. The van der Waals surface area contributed by atoms with Gasteiger partial charge in [0.05, 0.1) is 11.2 Å². The zero-order chi connectivity index (χ0) is 12.5. The molecule has 2 heteroatoms. The fourth-order valence-corrected chi connectivity index (χ4v) is 2.40. The van der Waals surface area contributed by atoms with E-state index in [1.807, 2.05) is 22.9 Å². The quantitative estimate of drug-likeness (QED) is 0.660.